The fourth-order valence-electron chi connectivity index (χ4n) is 1.83. The summed E-state index contributed by atoms with van der Waals surface area (Å²) in [4.78, 5) is 0. The molecule has 0 N–H and O–H groups in total. The van der Waals surface area contributed by atoms with Crippen LogP contribution in [0, 0.1) is 45.3 Å². The highest BCUT2D eigenvalue weighted by molar-refractivity contribution is 8.19. The van der Waals surface area contributed by atoms with E-state index in [1.807, 2.05) is 24.3 Å². The predicted molar refractivity (Wildman–Crippen MR) is 68.5 cm³/mol. The Balaban J connectivity index is 5.19. The summed E-state index contributed by atoms with van der Waals surface area (Å²) in [7, 11) is -3.23. The number of nitrogens with zero attached hydrogens (tertiary/aromatic N) is 4. The lowest BCUT2D eigenvalue weighted by Crippen LogP contribution is -2.46. The Morgan fingerprint density at radius 2 is 0.833 bits per heavy atom. The molecule has 18 heavy (non-hydrogen) atoms. The topological polar surface area (TPSA) is 112 Å². The first-order valence-corrected chi connectivity index (χ1v) is 8.27. The molecule has 0 saturated carbocycles. The van der Waals surface area contributed by atoms with E-state index in [0.717, 1.165) is 0 Å². The zero-order chi connectivity index (χ0) is 13.9. The number of nitriles is 4. The fourth-order valence-corrected chi connectivity index (χ4v) is 5.48. The van der Waals surface area contributed by atoms with Crippen LogP contribution in [0.4, 0.5) is 0 Å². The van der Waals surface area contributed by atoms with Gasteiger partial charge in [0.1, 0.15) is 0 Å². The van der Waals surface area contributed by atoms with Crippen molar-refractivity contribution in [2.75, 3.05) is 23.0 Å². The molecule has 5 nitrogen and oxygen atoms in total. The van der Waals surface area contributed by atoms with E-state index in [0.29, 0.717) is 0 Å². The van der Waals surface area contributed by atoms with Crippen LogP contribution >= 0.6 is 0 Å². The normalized spacial score (nSPS) is 12.1. The van der Waals surface area contributed by atoms with Gasteiger partial charge in [0.05, 0.1) is 24.3 Å². The maximum Gasteiger partial charge on any atom is 0.0630 e. The third kappa shape index (κ3) is 4.96. The molecule has 0 atom stereocenters. The van der Waals surface area contributed by atoms with Gasteiger partial charge in [-0.05, 0) is 0 Å². The minimum Gasteiger partial charge on any atom is -0.282 e. The van der Waals surface area contributed by atoms with E-state index < -0.39 is 9.07 Å². The number of rotatable bonds is 8. The van der Waals surface area contributed by atoms with Crippen LogP contribution in [0.5, 0.6) is 0 Å². The van der Waals surface area contributed by atoms with Crippen LogP contribution in [-0.2, 0) is 9.07 Å². The van der Waals surface area contributed by atoms with E-state index in [1.165, 1.54) is 0 Å². The zero-order valence-electron chi connectivity index (χ0n) is 10.3. The Kier molecular flexibility index (Phi) is 6.66. The Bertz CT molecular complexity index is 405. The Labute approximate surface area is 108 Å². The molecular weight excluding hydrogens is 248 g/mol. The highest BCUT2D eigenvalue weighted by Gasteiger charge is 2.35. The van der Waals surface area contributed by atoms with Gasteiger partial charge in [0.15, 0.2) is 0 Å². The molecule has 0 aromatic carbocycles. The molecule has 0 amide bonds. The third-order valence-corrected chi connectivity index (χ3v) is 7.87. The van der Waals surface area contributed by atoms with Gasteiger partial charge in [-0.15, -0.1) is 0 Å². The van der Waals surface area contributed by atoms with Gasteiger partial charge in [0.2, 0.25) is 0 Å². The lowest BCUT2D eigenvalue weighted by molar-refractivity contribution is 0.651. The molecule has 0 radical (unpaired) electrons. The van der Waals surface area contributed by atoms with Crippen molar-refractivity contribution in [2.45, 2.75) is 25.7 Å². The van der Waals surface area contributed by atoms with Crippen molar-refractivity contribution in [3.05, 3.63) is 0 Å². The third-order valence-electron chi connectivity index (χ3n) is 2.92. The zero-order valence-corrected chi connectivity index (χ0v) is 11.1. The smallest absolute Gasteiger partial charge is 0.0630 e. The molecule has 0 aliphatic heterocycles. The summed E-state index contributed by atoms with van der Waals surface area (Å²) in [5.41, 5.74) is 0. The standard InChI is InChI=1S/C12H16N4OS/c13-5-1-9-18(17,10-2-6-14,11-3-7-15)12-4-8-16/h1-4,9-12H2. The van der Waals surface area contributed by atoms with Gasteiger partial charge in [0.25, 0.3) is 0 Å². The van der Waals surface area contributed by atoms with Crippen molar-refractivity contribution >= 4 is 9.07 Å². The molecule has 0 saturated heterocycles. The molecule has 0 unspecified atom stereocenters. The molecule has 0 bridgehead atoms. The maximum absolute atomic E-state index is 13.2. The van der Waals surface area contributed by atoms with Crippen LogP contribution in [0.3, 0.4) is 0 Å². The molecule has 0 aliphatic rings. The maximum atomic E-state index is 13.2. The molecule has 96 valence electrons. The summed E-state index contributed by atoms with van der Waals surface area (Å²) in [6.07, 6.45) is 0.530. The van der Waals surface area contributed by atoms with Crippen LogP contribution in [0.25, 0.3) is 0 Å². The van der Waals surface area contributed by atoms with Crippen molar-refractivity contribution < 1.29 is 4.21 Å². The van der Waals surface area contributed by atoms with Crippen molar-refractivity contribution in [3.8, 4) is 24.3 Å². The minimum atomic E-state index is -3.23. The Morgan fingerprint density at radius 3 is 1.00 bits per heavy atom. The second-order valence-corrected chi connectivity index (χ2v) is 9.17. The average Bonchev–Trinajstić information content (AvgIpc) is 2.40. The summed E-state index contributed by atoms with van der Waals surface area (Å²) >= 11 is 0. The lowest BCUT2D eigenvalue weighted by Gasteiger charge is -2.40. The summed E-state index contributed by atoms with van der Waals surface area (Å²) in [6, 6.07) is 7.82. The van der Waals surface area contributed by atoms with Gasteiger partial charge >= 0.3 is 0 Å². The van der Waals surface area contributed by atoms with E-state index >= 15 is 0 Å². The van der Waals surface area contributed by atoms with E-state index in [4.69, 9.17) is 21.0 Å². The van der Waals surface area contributed by atoms with E-state index in [1.54, 1.807) is 0 Å². The Morgan fingerprint density at radius 1 is 0.611 bits per heavy atom. The van der Waals surface area contributed by atoms with E-state index in [-0.39, 0.29) is 48.7 Å². The molecule has 0 heterocycles. The molecular formula is C12H16N4OS. The SMILES string of the molecule is N#CCCS(=O)(CCC#N)(CCC#N)CCC#N. The first-order valence-electron chi connectivity index (χ1n) is 5.63. The summed E-state index contributed by atoms with van der Waals surface area (Å²) in [5.74, 6) is 0.773. The number of hydrogen-bond donors (Lipinski definition) is 0. The second kappa shape index (κ2) is 7.44. The monoisotopic (exact) mass is 264 g/mol. The van der Waals surface area contributed by atoms with Crippen LogP contribution in [0.1, 0.15) is 25.7 Å². The highest BCUT2D eigenvalue weighted by Crippen LogP contribution is 2.30. The summed E-state index contributed by atoms with van der Waals surface area (Å²) in [6.45, 7) is 0. The first kappa shape index (κ1) is 16.1. The number of hydrogen-bond acceptors (Lipinski definition) is 5. The molecule has 0 rings (SSSR count). The second-order valence-electron chi connectivity index (χ2n) is 4.15. The molecule has 0 aromatic heterocycles. The summed E-state index contributed by atoms with van der Waals surface area (Å²) < 4.78 is 13.2. The van der Waals surface area contributed by atoms with Crippen molar-refractivity contribution in [1.82, 2.24) is 0 Å². The molecule has 0 fully saturated rings. The Hall–Kier alpha value is -1.89. The lowest BCUT2D eigenvalue weighted by atomic mass is 10.5. The van der Waals surface area contributed by atoms with Crippen LogP contribution in [0.2, 0.25) is 0 Å². The van der Waals surface area contributed by atoms with Crippen LogP contribution < -0.4 is 0 Å². The van der Waals surface area contributed by atoms with Crippen LogP contribution in [-0.4, -0.2) is 27.2 Å². The van der Waals surface area contributed by atoms with E-state index in [9.17, 15) is 4.21 Å². The van der Waals surface area contributed by atoms with Gasteiger partial charge in [-0.3, -0.25) is 4.21 Å². The summed E-state index contributed by atoms with van der Waals surface area (Å²) in [5, 5.41) is 34.6. The van der Waals surface area contributed by atoms with Gasteiger partial charge < -0.3 is 0 Å². The highest BCUT2D eigenvalue weighted by atomic mass is 32.3. The van der Waals surface area contributed by atoms with Crippen molar-refractivity contribution in [2.24, 2.45) is 0 Å². The largest absolute Gasteiger partial charge is 0.282 e. The predicted octanol–water partition coefficient (Wildman–Crippen LogP) is 1.46. The van der Waals surface area contributed by atoms with Crippen molar-refractivity contribution in [1.29, 1.82) is 21.0 Å². The van der Waals surface area contributed by atoms with Gasteiger partial charge in [-0.1, -0.05) is 9.07 Å². The van der Waals surface area contributed by atoms with Crippen LogP contribution in [0.15, 0.2) is 0 Å². The van der Waals surface area contributed by atoms with Gasteiger partial charge in [-0.25, -0.2) is 0 Å². The molecule has 0 aromatic rings. The van der Waals surface area contributed by atoms with Crippen molar-refractivity contribution in [3.63, 3.8) is 0 Å². The minimum absolute atomic E-state index is 0.133. The first-order chi connectivity index (χ1) is 8.54. The molecule has 6 heteroatoms. The molecule has 0 spiro atoms. The fraction of sp³-hybridized carbons (Fsp3) is 0.667. The quantitative estimate of drug-likeness (QED) is 0.658. The van der Waals surface area contributed by atoms with Gasteiger partial charge in [-0.2, -0.15) is 21.0 Å². The van der Waals surface area contributed by atoms with Gasteiger partial charge in [0, 0.05) is 48.7 Å². The average molecular weight is 264 g/mol. The molecule has 0 aliphatic carbocycles. The van der Waals surface area contributed by atoms with E-state index in [2.05, 4.69) is 0 Å².